The molecule has 0 amide bonds. The van der Waals surface area contributed by atoms with Gasteiger partial charge in [0.2, 0.25) is 0 Å². The molecule has 22 heavy (non-hydrogen) atoms. The number of pyridine rings is 1. The molecule has 0 radical (unpaired) electrons. The van der Waals surface area contributed by atoms with Gasteiger partial charge in [0, 0.05) is 12.7 Å². The smallest absolute Gasteiger partial charge is 0.416 e. The van der Waals surface area contributed by atoms with E-state index in [0.717, 1.165) is 31.2 Å². The van der Waals surface area contributed by atoms with Crippen LogP contribution in [0.3, 0.4) is 0 Å². The van der Waals surface area contributed by atoms with Crippen LogP contribution in [-0.4, -0.2) is 24.1 Å². The summed E-state index contributed by atoms with van der Waals surface area (Å²) in [6.45, 7) is 2.27. The van der Waals surface area contributed by atoms with Crippen LogP contribution in [0.15, 0.2) is 18.3 Å². The summed E-state index contributed by atoms with van der Waals surface area (Å²) in [5.74, 6) is -0.169. The molecule has 1 aromatic rings. The van der Waals surface area contributed by atoms with Crippen molar-refractivity contribution in [3.8, 4) is 0 Å². The summed E-state index contributed by atoms with van der Waals surface area (Å²) in [6.07, 6.45) is -0.120. The van der Waals surface area contributed by atoms with Crippen molar-refractivity contribution in [2.24, 2.45) is 5.41 Å². The average Bonchev–Trinajstić information content (AvgIpc) is 2.95. The molecular weight excluding hydrogens is 297 g/mol. The van der Waals surface area contributed by atoms with E-state index in [-0.39, 0.29) is 18.3 Å². The largest absolute Gasteiger partial charge is 0.466 e. The van der Waals surface area contributed by atoms with Crippen LogP contribution in [0.2, 0.25) is 0 Å². The van der Waals surface area contributed by atoms with Crippen LogP contribution < -0.4 is 5.32 Å². The first-order chi connectivity index (χ1) is 10.4. The number of carbonyl (C=O) groups is 1. The minimum atomic E-state index is -4.41. The molecule has 1 aliphatic carbocycles. The standard InChI is InChI=1S/C15H19F3N2O2/c1-2-22-13(21)14(6-3-4-7-14)10-20-12-9-11(5-8-19-12)15(16,17)18/h5,8-9H,2-4,6-7,10H2,1H3,(H,19,20). The maximum atomic E-state index is 12.7. The van der Waals surface area contributed by atoms with Gasteiger partial charge in [-0.3, -0.25) is 4.79 Å². The predicted molar refractivity (Wildman–Crippen MR) is 75.3 cm³/mol. The Bertz CT molecular complexity index is 526. The number of alkyl halides is 3. The van der Waals surface area contributed by atoms with E-state index >= 15 is 0 Å². The lowest BCUT2D eigenvalue weighted by Crippen LogP contribution is -2.37. The number of nitrogens with one attached hydrogen (secondary N) is 1. The Balaban J connectivity index is 2.09. The van der Waals surface area contributed by atoms with Crippen molar-refractivity contribution in [1.82, 2.24) is 4.98 Å². The molecule has 122 valence electrons. The van der Waals surface area contributed by atoms with Crippen molar-refractivity contribution in [3.63, 3.8) is 0 Å². The normalized spacial score (nSPS) is 17.3. The Labute approximate surface area is 127 Å². The highest BCUT2D eigenvalue weighted by molar-refractivity contribution is 5.78. The minimum Gasteiger partial charge on any atom is -0.466 e. The fourth-order valence-corrected chi connectivity index (χ4v) is 2.75. The molecule has 1 fully saturated rings. The Morgan fingerprint density at radius 1 is 1.41 bits per heavy atom. The number of ether oxygens (including phenoxy) is 1. The molecule has 0 aromatic carbocycles. The maximum Gasteiger partial charge on any atom is 0.416 e. The van der Waals surface area contributed by atoms with Gasteiger partial charge >= 0.3 is 12.1 Å². The summed E-state index contributed by atoms with van der Waals surface area (Å²) in [6, 6.07) is 1.87. The number of carbonyl (C=O) groups excluding carboxylic acids is 1. The highest BCUT2D eigenvalue weighted by atomic mass is 19.4. The second kappa shape index (κ2) is 6.54. The zero-order valence-corrected chi connectivity index (χ0v) is 12.4. The van der Waals surface area contributed by atoms with Crippen LogP contribution >= 0.6 is 0 Å². The fourth-order valence-electron chi connectivity index (χ4n) is 2.75. The first kappa shape index (κ1) is 16.6. The maximum absolute atomic E-state index is 12.7. The van der Waals surface area contributed by atoms with Crippen LogP contribution in [0, 0.1) is 5.41 Å². The highest BCUT2D eigenvalue weighted by Crippen LogP contribution is 2.39. The number of hydrogen-bond acceptors (Lipinski definition) is 4. The number of esters is 1. The predicted octanol–water partition coefficient (Wildman–Crippen LogP) is 3.64. The monoisotopic (exact) mass is 316 g/mol. The van der Waals surface area contributed by atoms with E-state index in [1.54, 1.807) is 6.92 Å². The Hall–Kier alpha value is -1.79. The van der Waals surface area contributed by atoms with Gasteiger partial charge in [-0.1, -0.05) is 12.8 Å². The van der Waals surface area contributed by atoms with E-state index in [9.17, 15) is 18.0 Å². The van der Waals surface area contributed by atoms with Crippen LogP contribution in [0.4, 0.5) is 19.0 Å². The molecule has 1 heterocycles. The van der Waals surface area contributed by atoms with Crippen molar-refractivity contribution in [2.45, 2.75) is 38.8 Å². The molecule has 0 atom stereocenters. The van der Waals surface area contributed by atoms with E-state index in [2.05, 4.69) is 10.3 Å². The molecule has 0 bridgehead atoms. The van der Waals surface area contributed by atoms with Crippen molar-refractivity contribution >= 4 is 11.8 Å². The summed E-state index contributed by atoms with van der Waals surface area (Å²) in [7, 11) is 0. The van der Waals surface area contributed by atoms with Crippen LogP contribution in [0.1, 0.15) is 38.2 Å². The first-order valence-corrected chi connectivity index (χ1v) is 7.32. The number of nitrogens with zero attached hydrogens (tertiary/aromatic N) is 1. The summed E-state index contributed by atoms with van der Waals surface area (Å²) < 4.78 is 43.2. The quantitative estimate of drug-likeness (QED) is 0.843. The summed E-state index contributed by atoms with van der Waals surface area (Å²) in [4.78, 5) is 16.0. The molecule has 7 heteroatoms. The number of hydrogen-bond donors (Lipinski definition) is 1. The minimum absolute atomic E-state index is 0.116. The van der Waals surface area contributed by atoms with Gasteiger partial charge in [-0.15, -0.1) is 0 Å². The summed E-state index contributed by atoms with van der Waals surface area (Å²) in [5.41, 5.74) is -1.42. The van der Waals surface area contributed by atoms with E-state index in [4.69, 9.17) is 4.74 Å². The second-order valence-corrected chi connectivity index (χ2v) is 5.49. The van der Waals surface area contributed by atoms with E-state index in [1.807, 2.05) is 0 Å². The molecule has 1 N–H and O–H groups in total. The van der Waals surface area contributed by atoms with E-state index in [0.29, 0.717) is 19.4 Å². The first-order valence-electron chi connectivity index (χ1n) is 7.32. The highest BCUT2D eigenvalue weighted by Gasteiger charge is 2.42. The molecule has 1 saturated carbocycles. The van der Waals surface area contributed by atoms with Gasteiger partial charge in [-0.2, -0.15) is 13.2 Å². The Morgan fingerprint density at radius 2 is 2.09 bits per heavy atom. The lowest BCUT2D eigenvalue weighted by Gasteiger charge is -2.27. The average molecular weight is 316 g/mol. The van der Waals surface area contributed by atoms with Gasteiger partial charge in [-0.25, -0.2) is 4.98 Å². The van der Waals surface area contributed by atoms with Gasteiger partial charge < -0.3 is 10.1 Å². The number of halogens is 3. The van der Waals surface area contributed by atoms with Crippen LogP contribution in [0.25, 0.3) is 0 Å². The molecule has 1 aliphatic rings. The van der Waals surface area contributed by atoms with Crippen molar-refractivity contribution in [1.29, 1.82) is 0 Å². The zero-order valence-electron chi connectivity index (χ0n) is 12.4. The van der Waals surface area contributed by atoms with Crippen LogP contribution in [-0.2, 0) is 15.7 Å². The molecule has 0 unspecified atom stereocenters. The lowest BCUT2D eigenvalue weighted by atomic mass is 9.86. The number of anilines is 1. The Morgan fingerprint density at radius 3 is 2.68 bits per heavy atom. The third-order valence-electron chi connectivity index (χ3n) is 3.96. The van der Waals surface area contributed by atoms with Gasteiger partial charge in [0.1, 0.15) is 5.82 Å². The van der Waals surface area contributed by atoms with Crippen molar-refractivity contribution < 1.29 is 22.7 Å². The summed E-state index contributed by atoms with van der Waals surface area (Å²) in [5, 5.41) is 2.87. The molecule has 0 aliphatic heterocycles. The third kappa shape index (κ3) is 3.69. The van der Waals surface area contributed by atoms with E-state index < -0.39 is 17.2 Å². The molecule has 4 nitrogen and oxygen atoms in total. The van der Waals surface area contributed by atoms with E-state index in [1.165, 1.54) is 0 Å². The van der Waals surface area contributed by atoms with Gasteiger partial charge in [0.15, 0.2) is 0 Å². The molecular formula is C15H19F3N2O2. The lowest BCUT2D eigenvalue weighted by molar-refractivity contribution is -0.154. The van der Waals surface area contributed by atoms with Gasteiger partial charge in [0.05, 0.1) is 17.6 Å². The van der Waals surface area contributed by atoms with Gasteiger partial charge in [-0.05, 0) is 31.9 Å². The van der Waals surface area contributed by atoms with Gasteiger partial charge in [0.25, 0.3) is 0 Å². The zero-order chi connectivity index (χ0) is 16.2. The van der Waals surface area contributed by atoms with Crippen LogP contribution in [0.5, 0.6) is 0 Å². The Kier molecular flexibility index (Phi) is 4.93. The SMILES string of the molecule is CCOC(=O)C1(CNc2cc(C(F)(F)F)ccn2)CCCC1. The third-order valence-corrected chi connectivity index (χ3v) is 3.96. The molecule has 0 spiro atoms. The number of aromatic nitrogens is 1. The molecule has 2 rings (SSSR count). The second-order valence-electron chi connectivity index (χ2n) is 5.49. The topological polar surface area (TPSA) is 51.2 Å². The van der Waals surface area contributed by atoms with Crippen molar-refractivity contribution in [3.05, 3.63) is 23.9 Å². The summed E-state index contributed by atoms with van der Waals surface area (Å²) >= 11 is 0. The number of rotatable bonds is 5. The molecule has 0 saturated heterocycles. The fraction of sp³-hybridized carbons (Fsp3) is 0.600. The van der Waals surface area contributed by atoms with Crippen molar-refractivity contribution in [2.75, 3.05) is 18.5 Å². The molecule has 1 aromatic heterocycles.